The van der Waals surface area contributed by atoms with Crippen molar-refractivity contribution in [3.63, 3.8) is 0 Å². The van der Waals surface area contributed by atoms with Crippen LogP contribution in [0, 0.1) is 0 Å². The van der Waals surface area contributed by atoms with Crippen LogP contribution >= 0.6 is 0 Å². The second kappa shape index (κ2) is 7.77. The van der Waals surface area contributed by atoms with Gasteiger partial charge in [0, 0.05) is 25.6 Å². The second-order valence-corrected chi connectivity index (χ2v) is 5.00. The summed E-state index contributed by atoms with van der Waals surface area (Å²) in [5, 5.41) is 22.0. The van der Waals surface area contributed by atoms with E-state index in [4.69, 9.17) is 0 Å². The number of allylic oxidation sites excluding steroid dienone is 1. The van der Waals surface area contributed by atoms with Gasteiger partial charge in [0.15, 0.2) is 0 Å². The first-order valence-corrected chi connectivity index (χ1v) is 6.85. The third kappa shape index (κ3) is 5.64. The molecule has 1 saturated heterocycles. The Bertz CT molecular complexity index is 374. The van der Waals surface area contributed by atoms with Crippen molar-refractivity contribution in [2.75, 3.05) is 19.7 Å². The summed E-state index contributed by atoms with van der Waals surface area (Å²) in [7, 11) is 0. The van der Waals surface area contributed by atoms with Crippen LogP contribution in [-0.4, -0.2) is 65.1 Å². The van der Waals surface area contributed by atoms with Gasteiger partial charge in [-0.1, -0.05) is 13.0 Å². The van der Waals surface area contributed by atoms with E-state index in [-0.39, 0.29) is 38.0 Å². The smallest absolute Gasteiger partial charge is 0.395 e. The highest BCUT2D eigenvalue weighted by Gasteiger charge is 2.40. The molecule has 8 heteroatoms. The third-order valence-electron chi connectivity index (χ3n) is 3.45. The van der Waals surface area contributed by atoms with Gasteiger partial charge in [-0.2, -0.15) is 13.2 Å². The summed E-state index contributed by atoms with van der Waals surface area (Å²) in [6.45, 7) is 1.94. The minimum atomic E-state index is -4.33. The maximum absolute atomic E-state index is 12.0. The number of nitrogens with zero attached hydrogens (tertiary/aromatic N) is 1. The van der Waals surface area contributed by atoms with E-state index in [1.54, 1.807) is 11.8 Å². The molecule has 1 fully saturated rings. The molecule has 0 aromatic rings. The maximum atomic E-state index is 12.0. The molecule has 0 spiro atoms. The maximum Gasteiger partial charge on any atom is 0.409 e. The molecular formula is C13H21F3N2O3. The fourth-order valence-corrected chi connectivity index (χ4v) is 2.36. The van der Waals surface area contributed by atoms with Gasteiger partial charge in [0.05, 0.1) is 24.8 Å². The molecule has 3 N–H and O–H groups in total. The quantitative estimate of drug-likeness (QED) is 0.622. The average Bonchev–Trinajstić information content (AvgIpc) is 2.69. The summed E-state index contributed by atoms with van der Waals surface area (Å²) in [5.41, 5.74) is 0. The van der Waals surface area contributed by atoms with Gasteiger partial charge in [-0.25, -0.2) is 0 Å². The molecule has 1 aliphatic rings. The molecule has 122 valence electrons. The lowest BCUT2D eigenvalue weighted by atomic mass is 10.1. The van der Waals surface area contributed by atoms with Crippen molar-refractivity contribution in [2.24, 2.45) is 0 Å². The number of rotatable bonds is 6. The number of hydrogen-bond donors (Lipinski definition) is 3. The van der Waals surface area contributed by atoms with Gasteiger partial charge >= 0.3 is 6.18 Å². The summed E-state index contributed by atoms with van der Waals surface area (Å²) in [6.07, 6.45) is -3.66. The Morgan fingerprint density at radius 3 is 2.67 bits per heavy atom. The first-order chi connectivity index (χ1) is 9.78. The summed E-state index contributed by atoms with van der Waals surface area (Å²) in [5.74, 6) is -0.213. The lowest BCUT2D eigenvalue weighted by molar-refractivity contribution is -0.122. The lowest BCUT2D eigenvalue weighted by Crippen LogP contribution is -2.45. The minimum Gasteiger partial charge on any atom is -0.395 e. The molecule has 1 rings (SSSR count). The van der Waals surface area contributed by atoms with Crippen molar-refractivity contribution in [3.8, 4) is 0 Å². The highest BCUT2D eigenvalue weighted by molar-refractivity contribution is 5.76. The monoisotopic (exact) mass is 310 g/mol. The van der Waals surface area contributed by atoms with Crippen LogP contribution in [0.15, 0.2) is 12.2 Å². The topological polar surface area (TPSA) is 72.8 Å². The Labute approximate surface area is 121 Å². The Morgan fingerprint density at radius 1 is 1.48 bits per heavy atom. The largest absolute Gasteiger partial charge is 0.409 e. The number of alkyl halides is 3. The normalized spacial score (nSPS) is 27.4. The van der Waals surface area contributed by atoms with Crippen molar-refractivity contribution in [1.29, 1.82) is 0 Å². The summed E-state index contributed by atoms with van der Waals surface area (Å²) in [6, 6.07) is -1.09. The van der Waals surface area contributed by atoms with Gasteiger partial charge in [0.2, 0.25) is 5.91 Å². The highest BCUT2D eigenvalue weighted by Crippen LogP contribution is 2.20. The molecule has 0 aromatic carbocycles. The second-order valence-electron chi connectivity index (χ2n) is 5.00. The minimum absolute atomic E-state index is 0.150. The molecule has 0 saturated carbocycles. The Morgan fingerprint density at radius 2 is 2.14 bits per heavy atom. The van der Waals surface area contributed by atoms with E-state index in [0.29, 0.717) is 6.54 Å². The van der Waals surface area contributed by atoms with Crippen LogP contribution in [0.25, 0.3) is 0 Å². The number of halogens is 3. The van der Waals surface area contributed by atoms with Gasteiger partial charge < -0.3 is 15.5 Å². The number of hydrogen-bond acceptors (Lipinski definition) is 4. The number of carbonyl (C=O) groups excluding carboxylic acids is 1. The van der Waals surface area contributed by atoms with Crippen molar-refractivity contribution < 1.29 is 28.2 Å². The fourth-order valence-electron chi connectivity index (χ4n) is 2.36. The summed E-state index contributed by atoms with van der Waals surface area (Å²) < 4.78 is 35.9. The third-order valence-corrected chi connectivity index (χ3v) is 3.45. The van der Waals surface area contributed by atoms with Crippen molar-refractivity contribution in [1.82, 2.24) is 10.2 Å². The molecule has 21 heavy (non-hydrogen) atoms. The Hall–Kier alpha value is -1.12. The number of amides is 1. The van der Waals surface area contributed by atoms with Crippen LogP contribution in [0.2, 0.25) is 0 Å². The Balaban J connectivity index is 2.53. The SMILES string of the molecule is CCC(=O)NC1CN(CC/C=C\C(F)(F)F)[C@@H](CO)[C@@H]1O. The van der Waals surface area contributed by atoms with Crippen LogP contribution in [-0.2, 0) is 4.79 Å². The average molecular weight is 310 g/mol. The van der Waals surface area contributed by atoms with Gasteiger partial charge in [-0.3, -0.25) is 9.69 Å². The van der Waals surface area contributed by atoms with Gasteiger partial charge in [0.1, 0.15) is 0 Å². The lowest BCUT2D eigenvalue weighted by Gasteiger charge is -2.23. The molecule has 5 nitrogen and oxygen atoms in total. The fraction of sp³-hybridized carbons (Fsp3) is 0.769. The number of carbonyl (C=O) groups is 1. The first-order valence-electron chi connectivity index (χ1n) is 6.85. The Kier molecular flexibility index (Phi) is 6.63. The molecule has 1 heterocycles. The molecule has 0 aliphatic carbocycles. The van der Waals surface area contributed by atoms with Gasteiger partial charge in [-0.05, 0) is 6.42 Å². The number of aliphatic hydroxyl groups is 2. The van der Waals surface area contributed by atoms with Crippen LogP contribution < -0.4 is 5.32 Å². The molecule has 0 aromatic heterocycles. The molecule has 1 aliphatic heterocycles. The zero-order chi connectivity index (χ0) is 16.0. The molecule has 0 radical (unpaired) electrons. The number of likely N-dealkylation sites (tertiary alicyclic amines) is 1. The molecule has 3 atom stereocenters. The molecule has 0 bridgehead atoms. The zero-order valence-electron chi connectivity index (χ0n) is 11.8. The van der Waals surface area contributed by atoms with Crippen LogP contribution in [0.1, 0.15) is 19.8 Å². The van der Waals surface area contributed by atoms with Crippen molar-refractivity contribution >= 4 is 5.91 Å². The van der Waals surface area contributed by atoms with Crippen LogP contribution in [0.4, 0.5) is 13.2 Å². The summed E-state index contributed by atoms with van der Waals surface area (Å²) in [4.78, 5) is 13.0. The van der Waals surface area contributed by atoms with E-state index in [1.165, 1.54) is 0 Å². The molecule has 1 unspecified atom stereocenters. The first kappa shape index (κ1) is 17.9. The molecule has 1 amide bonds. The predicted octanol–water partition coefficient (Wildman–Crippen LogP) is 0.427. The highest BCUT2D eigenvalue weighted by atomic mass is 19.4. The van der Waals surface area contributed by atoms with E-state index in [9.17, 15) is 28.2 Å². The van der Waals surface area contributed by atoms with Crippen LogP contribution in [0.3, 0.4) is 0 Å². The van der Waals surface area contributed by atoms with E-state index in [1.807, 2.05) is 0 Å². The number of nitrogens with one attached hydrogen (secondary N) is 1. The number of aliphatic hydroxyl groups excluding tert-OH is 2. The van der Waals surface area contributed by atoms with E-state index in [2.05, 4.69) is 5.32 Å². The summed E-state index contributed by atoms with van der Waals surface area (Å²) >= 11 is 0. The standard InChI is InChI=1S/C13H21F3N2O3/c1-2-11(20)17-9-7-18(10(8-19)12(9)21)6-4-3-5-13(14,15)16/h3,5,9-10,12,19,21H,2,4,6-8H2,1H3,(H,17,20)/b5-3-/t9?,10-,12+/m0/s1. The van der Waals surface area contributed by atoms with Crippen molar-refractivity contribution in [3.05, 3.63) is 12.2 Å². The van der Waals surface area contributed by atoms with Crippen molar-refractivity contribution in [2.45, 2.75) is 44.1 Å². The van der Waals surface area contributed by atoms with Gasteiger partial charge in [0.25, 0.3) is 0 Å². The molecular weight excluding hydrogens is 289 g/mol. The predicted molar refractivity (Wildman–Crippen MR) is 70.5 cm³/mol. The van der Waals surface area contributed by atoms with E-state index in [0.717, 1.165) is 6.08 Å². The zero-order valence-corrected chi connectivity index (χ0v) is 11.8. The van der Waals surface area contributed by atoms with E-state index < -0.39 is 24.4 Å². The van der Waals surface area contributed by atoms with Crippen LogP contribution in [0.5, 0.6) is 0 Å². The van der Waals surface area contributed by atoms with E-state index >= 15 is 0 Å². The van der Waals surface area contributed by atoms with Gasteiger partial charge in [-0.15, -0.1) is 0 Å².